The second-order valence-corrected chi connectivity index (χ2v) is 10.2. The van der Waals surface area contributed by atoms with Gasteiger partial charge in [-0.25, -0.2) is 0 Å². The minimum absolute atomic E-state index is 0.0755. The van der Waals surface area contributed by atoms with E-state index in [-0.39, 0.29) is 22.4 Å². The molecule has 6 nitrogen and oxygen atoms in total. The number of benzene rings is 1. The van der Waals surface area contributed by atoms with Crippen molar-refractivity contribution in [3.05, 3.63) is 39.7 Å². The first-order valence-corrected chi connectivity index (χ1v) is 12.6. The summed E-state index contributed by atoms with van der Waals surface area (Å²) in [4.78, 5) is 24.8. The van der Waals surface area contributed by atoms with Gasteiger partial charge in [-0.05, 0) is 61.7 Å². The van der Waals surface area contributed by atoms with E-state index in [2.05, 4.69) is 41.5 Å². The number of nitrogens with zero attached hydrogens (tertiary/aromatic N) is 1. The van der Waals surface area contributed by atoms with Gasteiger partial charge in [0.25, 0.3) is 0 Å². The first-order valence-electron chi connectivity index (χ1n) is 11.4. The number of carbonyl (C=O) groups is 1. The Balaban J connectivity index is 2.65. The molecule has 0 aliphatic carbocycles. The lowest BCUT2D eigenvalue weighted by atomic mass is 9.75. The Morgan fingerprint density at radius 1 is 1.15 bits per heavy atom. The third kappa shape index (κ3) is 6.50. The molecule has 1 radical (unpaired) electrons. The highest BCUT2D eigenvalue weighted by Crippen LogP contribution is 2.32. The topological polar surface area (TPSA) is 66.8 Å². The predicted molar refractivity (Wildman–Crippen MR) is 138 cm³/mol. The number of fused-ring (bicyclic) bond motifs is 1. The SMILES string of the molecule is CCOC[C@@H](COSC)n1cc(C=O)c(=O)c2cc([B]OC(C)(C)C(C)(C)C)c(CC)cc21. The van der Waals surface area contributed by atoms with Crippen LogP contribution in [0.15, 0.2) is 23.1 Å². The van der Waals surface area contributed by atoms with Crippen molar-refractivity contribution in [2.75, 3.05) is 26.1 Å². The average molecular weight is 474 g/mol. The molecule has 1 heterocycles. The van der Waals surface area contributed by atoms with Crippen molar-refractivity contribution in [1.82, 2.24) is 4.57 Å². The Morgan fingerprint density at radius 2 is 1.85 bits per heavy atom. The molecule has 0 saturated heterocycles. The Bertz CT molecular complexity index is 1000. The minimum atomic E-state index is -0.407. The second kappa shape index (κ2) is 11.7. The normalized spacial score (nSPS) is 13.3. The summed E-state index contributed by atoms with van der Waals surface area (Å²) in [5.74, 6) is 0. The Hall–Kier alpha value is -1.61. The van der Waals surface area contributed by atoms with Gasteiger partial charge in [0.05, 0.1) is 35.9 Å². The first kappa shape index (κ1) is 27.6. The number of aromatic nitrogens is 1. The molecule has 2 aromatic rings. The monoisotopic (exact) mass is 474 g/mol. The van der Waals surface area contributed by atoms with Crippen molar-refractivity contribution in [3.63, 3.8) is 0 Å². The molecule has 0 saturated carbocycles. The van der Waals surface area contributed by atoms with Crippen LogP contribution in [0.4, 0.5) is 0 Å². The molecule has 8 heteroatoms. The second-order valence-electron chi connectivity index (χ2n) is 9.62. The van der Waals surface area contributed by atoms with Gasteiger partial charge in [-0.15, -0.1) is 0 Å². The van der Waals surface area contributed by atoms with Gasteiger partial charge in [0, 0.05) is 24.4 Å². The molecule has 0 aliphatic rings. The molecule has 0 spiro atoms. The quantitative estimate of drug-likeness (QED) is 0.259. The molecule has 1 aromatic heterocycles. The number of rotatable bonds is 12. The van der Waals surface area contributed by atoms with E-state index < -0.39 is 5.60 Å². The summed E-state index contributed by atoms with van der Waals surface area (Å²) in [6.45, 7) is 15.9. The van der Waals surface area contributed by atoms with Crippen LogP contribution in [0.3, 0.4) is 0 Å². The van der Waals surface area contributed by atoms with E-state index in [1.165, 1.54) is 12.0 Å². The van der Waals surface area contributed by atoms with Gasteiger partial charge >= 0.3 is 7.48 Å². The summed E-state index contributed by atoms with van der Waals surface area (Å²) >= 11 is 1.28. The fourth-order valence-electron chi connectivity index (χ4n) is 3.28. The molecule has 2 rings (SSSR count). The molecule has 33 heavy (non-hydrogen) atoms. The number of ether oxygens (including phenoxy) is 1. The van der Waals surface area contributed by atoms with Gasteiger partial charge in [0.2, 0.25) is 0 Å². The molecule has 0 bridgehead atoms. The van der Waals surface area contributed by atoms with E-state index in [1.807, 2.05) is 29.9 Å². The number of aldehydes is 1. The zero-order valence-electron chi connectivity index (χ0n) is 21.2. The molecule has 0 unspecified atom stereocenters. The van der Waals surface area contributed by atoms with E-state index in [0.717, 1.165) is 23.0 Å². The lowest BCUT2D eigenvalue weighted by Gasteiger charge is -2.39. The predicted octanol–water partition coefficient (Wildman–Crippen LogP) is 4.33. The van der Waals surface area contributed by atoms with E-state index in [4.69, 9.17) is 13.6 Å². The summed E-state index contributed by atoms with van der Waals surface area (Å²) in [5.41, 5.74) is 1.99. The van der Waals surface area contributed by atoms with Crippen LogP contribution in [0.25, 0.3) is 10.9 Å². The molecular formula is C25H37BNO5S. The highest BCUT2D eigenvalue weighted by atomic mass is 32.2. The van der Waals surface area contributed by atoms with E-state index in [0.29, 0.717) is 31.5 Å². The standard InChI is InChI=1S/C25H37BNO5S/c1-9-17-11-22-20(12-21(17)26-32-25(6,7)24(3,4)5)23(29)18(14-28)13-27(22)19(15-30-10-2)16-31-33-8/h11-14,19H,9-10,15-16H2,1-8H3/t19-/m0/s1. The van der Waals surface area contributed by atoms with Crippen LogP contribution in [0.2, 0.25) is 0 Å². The summed E-state index contributed by atoms with van der Waals surface area (Å²) in [6, 6.07) is 3.67. The van der Waals surface area contributed by atoms with Crippen LogP contribution in [0.1, 0.15) is 70.4 Å². The van der Waals surface area contributed by atoms with Crippen LogP contribution in [-0.2, 0) is 20.0 Å². The maximum Gasteiger partial charge on any atom is 0.331 e. The zero-order valence-corrected chi connectivity index (χ0v) is 22.0. The van der Waals surface area contributed by atoms with E-state index in [9.17, 15) is 9.59 Å². The number of hydrogen-bond acceptors (Lipinski definition) is 6. The van der Waals surface area contributed by atoms with Crippen molar-refractivity contribution < 1.29 is 18.4 Å². The van der Waals surface area contributed by atoms with Crippen LogP contribution in [-0.4, -0.2) is 50.0 Å². The van der Waals surface area contributed by atoms with Crippen LogP contribution in [0.5, 0.6) is 0 Å². The van der Waals surface area contributed by atoms with Crippen LogP contribution in [0, 0.1) is 5.41 Å². The van der Waals surface area contributed by atoms with E-state index in [1.54, 1.807) is 13.7 Å². The van der Waals surface area contributed by atoms with Crippen molar-refractivity contribution in [3.8, 4) is 0 Å². The fraction of sp³-hybridized carbons (Fsp3) is 0.600. The summed E-state index contributed by atoms with van der Waals surface area (Å²) in [6.07, 6.45) is 4.85. The third-order valence-electron chi connectivity index (χ3n) is 6.40. The fourth-order valence-corrected chi connectivity index (χ4v) is 3.57. The van der Waals surface area contributed by atoms with E-state index >= 15 is 0 Å². The highest BCUT2D eigenvalue weighted by molar-refractivity contribution is 7.93. The Kier molecular flexibility index (Phi) is 9.79. The summed E-state index contributed by atoms with van der Waals surface area (Å²) in [7, 11) is 1.75. The Labute approximate surface area is 202 Å². The maximum absolute atomic E-state index is 13.1. The third-order valence-corrected chi connectivity index (χ3v) is 6.77. The highest BCUT2D eigenvalue weighted by Gasteiger charge is 2.33. The van der Waals surface area contributed by atoms with Gasteiger partial charge in [-0.2, -0.15) is 0 Å². The molecule has 0 amide bonds. The van der Waals surface area contributed by atoms with Gasteiger partial charge < -0.3 is 18.1 Å². The Morgan fingerprint density at radius 3 is 2.39 bits per heavy atom. The summed E-state index contributed by atoms with van der Waals surface area (Å²) < 4.78 is 19.4. The largest absolute Gasteiger partial charge is 0.429 e. The van der Waals surface area contributed by atoms with Crippen molar-refractivity contribution >= 4 is 42.2 Å². The molecule has 1 aromatic carbocycles. The maximum atomic E-state index is 13.1. The molecular weight excluding hydrogens is 437 g/mol. The number of carbonyl (C=O) groups excluding carboxylic acids is 1. The molecule has 0 N–H and O–H groups in total. The zero-order chi connectivity index (χ0) is 24.8. The molecule has 181 valence electrons. The van der Waals surface area contributed by atoms with Crippen molar-refractivity contribution in [1.29, 1.82) is 0 Å². The van der Waals surface area contributed by atoms with Crippen molar-refractivity contribution in [2.45, 2.75) is 66.5 Å². The molecule has 1 atom stereocenters. The van der Waals surface area contributed by atoms with Crippen molar-refractivity contribution in [2.24, 2.45) is 5.41 Å². The summed E-state index contributed by atoms with van der Waals surface area (Å²) in [5, 5.41) is 0.478. The number of pyridine rings is 1. The van der Waals surface area contributed by atoms with Gasteiger partial charge in [-0.1, -0.05) is 33.8 Å². The van der Waals surface area contributed by atoms with Crippen LogP contribution >= 0.6 is 12.0 Å². The van der Waals surface area contributed by atoms with Gasteiger partial charge in [-0.3, -0.25) is 9.59 Å². The van der Waals surface area contributed by atoms with Crippen LogP contribution < -0.4 is 10.9 Å². The van der Waals surface area contributed by atoms with Gasteiger partial charge in [0.15, 0.2) is 11.7 Å². The lowest BCUT2D eigenvalue weighted by Crippen LogP contribution is -2.43. The smallest absolute Gasteiger partial charge is 0.331 e. The first-order chi connectivity index (χ1) is 15.5. The lowest BCUT2D eigenvalue weighted by molar-refractivity contribution is 0.00502. The number of aryl methyl sites for hydroxylation is 1. The number of hydrogen-bond donors (Lipinski definition) is 0. The molecule has 0 fully saturated rings. The van der Waals surface area contributed by atoms with Gasteiger partial charge in [0.1, 0.15) is 0 Å². The minimum Gasteiger partial charge on any atom is -0.429 e. The average Bonchev–Trinajstić information content (AvgIpc) is 2.77. The molecule has 0 aliphatic heterocycles.